The molecule has 7 heteroatoms. The zero-order chi connectivity index (χ0) is 19.7. The molecular formula is C21H19FN4O2. The van der Waals surface area contributed by atoms with E-state index in [9.17, 15) is 9.18 Å². The minimum Gasteiger partial charge on any atom is -0.406 e. The Kier molecular flexibility index (Phi) is 4.65. The molecule has 0 spiro atoms. The smallest absolute Gasteiger partial charge is 0.406 e. The lowest BCUT2D eigenvalue weighted by Gasteiger charge is -2.24. The van der Waals surface area contributed by atoms with Crippen LogP contribution in [-0.2, 0) is 6.42 Å². The third kappa shape index (κ3) is 3.51. The quantitative estimate of drug-likeness (QED) is 0.745. The Bertz CT molecular complexity index is 1040. The monoisotopic (exact) mass is 378 g/mol. The highest BCUT2D eigenvalue weighted by Crippen LogP contribution is 2.30. The average molecular weight is 378 g/mol. The molecule has 1 aliphatic heterocycles. The molecule has 1 aliphatic rings. The number of hydrogen-bond acceptors (Lipinski definition) is 5. The normalized spacial score (nSPS) is 15.2. The van der Waals surface area contributed by atoms with E-state index < -0.39 is 6.09 Å². The van der Waals surface area contributed by atoms with E-state index in [4.69, 9.17) is 4.74 Å². The summed E-state index contributed by atoms with van der Waals surface area (Å²) in [7, 11) is 0. The first kappa shape index (κ1) is 17.9. The summed E-state index contributed by atoms with van der Waals surface area (Å²) in [6, 6.07) is 14.1. The van der Waals surface area contributed by atoms with Gasteiger partial charge in [0, 0.05) is 5.56 Å². The van der Waals surface area contributed by atoms with E-state index in [0.29, 0.717) is 17.1 Å². The van der Waals surface area contributed by atoms with Crippen molar-refractivity contribution in [3.63, 3.8) is 0 Å². The molecule has 0 saturated carbocycles. The molecule has 2 aromatic carbocycles. The van der Waals surface area contributed by atoms with Gasteiger partial charge in [-0.05, 0) is 44.0 Å². The number of para-hydroxylation sites is 1. The van der Waals surface area contributed by atoms with E-state index in [-0.39, 0.29) is 17.6 Å². The molecule has 1 amide bonds. The number of anilines is 1. The third-order valence-electron chi connectivity index (χ3n) is 4.64. The number of ether oxygens (including phenoxy) is 1. The second-order valence-electron chi connectivity index (χ2n) is 6.71. The van der Waals surface area contributed by atoms with Crippen LogP contribution >= 0.6 is 0 Å². The predicted molar refractivity (Wildman–Crippen MR) is 103 cm³/mol. The summed E-state index contributed by atoms with van der Waals surface area (Å²) in [6.07, 6.45) is 1.65. The maximum absolute atomic E-state index is 13.4. The van der Waals surface area contributed by atoms with Gasteiger partial charge in [-0.3, -0.25) is 5.01 Å². The van der Waals surface area contributed by atoms with Crippen LogP contribution in [0.4, 0.5) is 14.9 Å². The molecule has 1 atom stereocenters. The van der Waals surface area contributed by atoms with Crippen molar-refractivity contribution >= 4 is 11.8 Å². The zero-order valence-electron chi connectivity index (χ0n) is 15.5. The number of halogens is 1. The number of nitrogens with zero attached hydrogens (tertiary/aromatic N) is 3. The van der Waals surface area contributed by atoms with Gasteiger partial charge in [-0.25, -0.2) is 24.6 Å². The number of hydrazine groups is 1. The molecule has 28 heavy (non-hydrogen) atoms. The van der Waals surface area contributed by atoms with E-state index in [1.165, 1.54) is 23.9 Å². The van der Waals surface area contributed by atoms with Crippen molar-refractivity contribution in [2.45, 2.75) is 26.3 Å². The Morgan fingerprint density at radius 1 is 1.25 bits per heavy atom. The standard InChI is InChI=1S/C21H19FN4O2/c1-13-10-15-6-3-4-9-18(15)26(13)25-21(27)28-19-12-23-20(24-14(19)2)16-7-5-8-17(22)11-16/h3-9,11-13H,10H2,1-2H3,(H,25,27). The second-order valence-corrected chi connectivity index (χ2v) is 6.71. The number of aryl methyl sites for hydroxylation is 1. The van der Waals surface area contributed by atoms with Gasteiger partial charge >= 0.3 is 6.09 Å². The lowest BCUT2D eigenvalue weighted by atomic mass is 10.1. The minimum absolute atomic E-state index is 0.123. The average Bonchev–Trinajstić information content (AvgIpc) is 2.99. The highest BCUT2D eigenvalue weighted by Gasteiger charge is 2.27. The molecule has 1 aromatic heterocycles. The summed E-state index contributed by atoms with van der Waals surface area (Å²) in [6.45, 7) is 3.74. The first-order valence-corrected chi connectivity index (χ1v) is 8.96. The Labute approximate surface area is 162 Å². The van der Waals surface area contributed by atoms with Crippen molar-refractivity contribution in [2.24, 2.45) is 0 Å². The van der Waals surface area contributed by atoms with Crippen LogP contribution in [0.25, 0.3) is 11.4 Å². The topological polar surface area (TPSA) is 67.3 Å². The van der Waals surface area contributed by atoms with Crippen LogP contribution in [-0.4, -0.2) is 22.1 Å². The maximum Gasteiger partial charge on any atom is 0.431 e. The summed E-state index contributed by atoms with van der Waals surface area (Å²) >= 11 is 0. The second kappa shape index (κ2) is 7.26. The third-order valence-corrected chi connectivity index (χ3v) is 4.64. The maximum atomic E-state index is 13.4. The Hall–Kier alpha value is -3.48. The molecule has 142 valence electrons. The van der Waals surface area contributed by atoms with E-state index >= 15 is 0 Å². The van der Waals surface area contributed by atoms with E-state index in [2.05, 4.69) is 15.4 Å². The highest BCUT2D eigenvalue weighted by molar-refractivity contribution is 5.74. The van der Waals surface area contributed by atoms with Crippen LogP contribution in [0.1, 0.15) is 18.2 Å². The van der Waals surface area contributed by atoms with Crippen LogP contribution in [0.2, 0.25) is 0 Å². The fourth-order valence-corrected chi connectivity index (χ4v) is 3.28. The molecule has 3 aromatic rings. The van der Waals surface area contributed by atoms with Crippen molar-refractivity contribution in [3.8, 4) is 17.1 Å². The largest absolute Gasteiger partial charge is 0.431 e. The lowest BCUT2D eigenvalue weighted by Crippen LogP contribution is -2.47. The van der Waals surface area contributed by atoms with E-state index in [1.807, 2.05) is 31.2 Å². The van der Waals surface area contributed by atoms with Crippen LogP contribution < -0.4 is 15.2 Å². The van der Waals surface area contributed by atoms with Gasteiger partial charge in [-0.2, -0.15) is 0 Å². The van der Waals surface area contributed by atoms with Gasteiger partial charge in [-0.1, -0.05) is 30.3 Å². The summed E-state index contributed by atoms with van der Waals surface area (Å²) in [5.74, 6) is 0.253. The van der Waals surface area contributed by atoms with Gasteiger partial charge in [0.05, 0.1) is 23.6 Å². The number of aromatic nitrogens is 2. The Morgan fingerprint density at radius 2 is 2.07 bits per heavy atom. The summed E-state index contributed by atoms with van der Waals surface area (Å²) in [5, 5.41) is 1.80. The molecule has 0 aliphatic carbocycles. The van der Waals surface area contributed by atoms with Crippen molar-refractivity contribution in [3.05, 3.63) is 71.8 Å². The lowest BCUT2D eigenvalue weighted by molar-refractivity contribution is 0.197. The number of carbonyl (C=O) groups excluding carboxylic acids is 1. The molecule has 4 rings (SSSR count). The number of fused-ring (bicyclic) bond motifs is 1. The number of nitrogens with one attached hydrogen (secondary N) is 1. The fourth-order valence-electron chi connectivity index (χ4n) is 3.28. The molecule has 6 nitrogen and oxygen atoms in total. The molecule has 0 saturated heterocycles. The van der Waals surface area contributed by atoms with E-state index in [0.717, 1.165) is 12.1 Å². The van der Waals surface area contributed by atoms with E-state index in [1.54, 1.807) is 24.1 Å². The molecule has 0 fully saturated rings. The van der Waals surface area contributed by atoms with Gasteiger partial charge in [0.15, 0.2) is 11.6 Å². The molecule has 0 radical (unpaired) electrons. The number of benzene rings is 2. The van der Waals surface area contributed by atoms with Crippen molar-refractivity contribution in [1.29, 1.82) is 0 Å². The van der Waals surface area contributed by atoms with Crippen molar-refractivity contribution in [1.82, 2.24) is 15.4 Å². The predicted octanol–water partition coefficient (Wildman–Crippen LogP) is 4.05. The summed E-state index contributed by atoms with van der Waals surface area (Å²) < 4.78 is 18.8. The molecule has 2 heterocycles. The van der Waals surface area contributed by atoms with Gasteiger partial charge in [0.25, 0.3) is 0 Å². The van der Waals surface area contributed by atoms with Crippen LogP contribution in [0.15, 0.2) is 54.7 Å². The van der Waals surface area contributed by atoms with Crippen LogP contribution in [0.3, 0.4) is 0 Å². The molecule has 0 bridgehead atoms. The Balaban J connectivity index is 1.48. The first-order valence-electron chi connectivity index (χ1n) is 8.96. The molecule has 1 N–H and O–H groups in total. The number of carbonyl (C=O) groups is 1. The van der Waals surface area contributed by atoms with Crippen molar-refractivity contribution in [2.75, 3.05) is 5.01 Å². The van der Waals surface area contributed by atoms with Gasteiger partial charge in [0.1, 0.15) is 5.82 Å². The summed E-state index contributed by atoms with van der Waals surface area (Å²) in [4.78, 5) is 20.9. The molecule has 1 unspecified atom stereocenters. The van der Waals surface area contributed by atoms with Gasteiger partial charge < -0.3 is 4.74 Å². The highest BCUT2D eigenvalue weighted by atomic mass is 19.1. The van der Waals surface area contributed by atoms with Crippen LogP contribution in [0, 0.1) is 12.7 Å². The van der Waals surface area contributed by atoms with Gasteiger partial charge in [-0.15, -0.1) is 0 Å². The minimum atomic E-state index is -0.617. The first-order chi connectivity index (χ1) is 13.5. The molecular weight excluding hydrogens is 359 g/mol. The number of amides is 1. The SMILES string of the molecule is Cc1nc(-c2cccc(F)c2)ncc1OC(=O)NN1c2ccccc2CC1C. The van der Waals surface area contributed by atoms with Crippen LogP contribution in [0.5, 0.6) is 5.75 Å². The van der Waals surface area contributed by atoms with Gasteiger partial charge in [0.2, 0.25) is 0 Å². The number of rotatable bonds is 3. The van der Waals surface area contributed by atoms with Crippen molar-refractivity contribution < 1.29 is 13.9 Å². The zero-order valence-corrected chi connectivity index (χ0v) is 15.5. The summed E-state index contributed by atoms with van der Waals surface area (Å²) in [5.41, 5.74) is 5.96. The Morgan fingerprint density at radius 3 is 2.86 bits per heavy atom. The number of hydrogen-bond donors (Lipinski definition) is 1. The fraction of sp³-hybridized carbons (Fsp3) is 0.190.